The van der Waals surface area contributed by atoms with Crippen molar-refractivity contribution in [2.75, 3.05) is 6.67 Å². The number of aliphatic imine (C=N–C) groups is 1. The van der Waals surface area contributed by atoms with E-state index in [2.05, 4.69) is 18.8 Å². The average molecular weight is 173 g/mol. The zero-order valence-corrected chi connectivity index (χ0v) is 8.44. The van der Waals surface area contributed by atoms with Crippen LogP contribution in [0.4, 0.5) is 4.39 Å². The van der Waals surface area contributed by atoms with Crippen LogP contribution in [0, 0.1) is 0 Å². The van der Waals surface area contributed by atoms with Crippen LogP contribution >= 0.6 is 0 Å². The van der Waals surface area contributed by atoms with Gasteiger partial charge in [-0.15, -0.1) is 0 Å². The van der Waals surface area contributed by atoms with Crippen molar-refractivity contribution < 1.29 is 4.39 Å². The maximum atomic E-state index is 12.3. The Balaban J connectivity index is 4.03. The Morgan fingerprint density at radius 2 is 2.00 bits per heavy atom. The van der Waals surface area contributed by atoms with E-state index in [1.165, 1.54) is 5.71 Å². The Labute approximate surface area is 75.1 Å². The SMILES string of the molecule is CCC/C(CC)=N\C(CC)CF. The number of hydrogen-bond donors (Lipinski definition) is 0. The Kier molecular flexibility index (Phi) is 7.02. The Bertz CT molecular complexity index is 128. The van der Waals surface area contributed by atoms with Gasteiger partial charge < -0.3 is 0 Å². The highest BCUT2D eigenvalue weighted by Gasteiger charge is 2.03. The molecule has 12 heavy (non-hydrogen) atoms. The molecule has 72 valence electrons. The highest BCUT2D eigenvalue weighted by molar-refractivity contribution is 5.84. The van der Waals surface area contributed by atoms with Crippen LogP contribution in [0.25, 0.3) is 0 Å². The van der Waals surface area contributed by atoms with Crippen LogP contribution < -0.4 is 0 Å². The van der Waals surface area contributed by atoms with Crippen molar-refractivity contribution >= 4 is 5.71 Å². The summed E-state index contributed by atoms with van der Waals surface area (Å²) in [6.07, 6.45) is 3.90. The lowest BCUT2D eigenvalue weighted by Gasteiger charge is -2.08. The largest absolute Gasteiger partial charge is 0.288 e. The van der Waals surface area contributed by atoms with Crippen molar-refractivity contribution in [1.29, 1.82) is 0 Å². The van der Waals surface area contributed by atoms with E-state index in [-0.39, 0.29) is 12.7 Å². The molecule has 0 aliphatic heterocycles. The summed E-state index contributed by atoms with van der Waals surface area (Å²) in [5.74, 6) is 0. The van der Waals surface area contributed by atoms with Gasteiger partial charge in [0.15, 0.2) is 0 Å². The van der Waals surface area contributed by atoms with Gasteiger partial charge in [0, 0.05) is 5.71 Å². The second-order valence-corrected chi connectivity index (χ2v) is 3.02. The van der Waals surface area contributed by atoms with Crippen molar-refractivity contribution in [3.05, 3.63) is 0 Å². The molecular formula is C10H20FN. The molecule has 0 rings (SSSR count). The van der Waals surface area contributed by atoms with Gasteiger partial charge in [-0.1, -0.05) is 27.2 Å². The number of hydrogen-bond acceptors (Lipinski definition) is 1. The molecule has 0 aliphatic rings. The van der Waals surface area contributed by atoms with E-state index < -0.39 is 0 Å². The average Bonchev–Trinajstić information content (AvgIpc) is 2.12. The summed E-state index contributed by atoms with van der Waals surface area (Å²) < 4.78 is 12.3. The van der Waals surface area contributed by atoms with Gasteiger partial charge >= 0.3 is 0 Å². The molecule has 0 radical (unpaired) electrons. The molecule has 0 bridgehead atoms. The fourth-order valence-corrected chi connectivity index (χ4v) is 1.11. The van der Waals surface area contributed by atoms with E-state index in [0.717, 1.165) is 25.7 Å². The van der Waals surface area contributed by atoms with Crippen LogP contribution in [-0.4, -0.2) is 18.4 Å². The summed E-state index contributed by atoms with van der Waals surface area (Å²) in [6.45, 7) is 5.87. The summed E-state index contributed by atoms with van der Waals surface area (Å²) in [5.41, 5.74) is 1.17. The molecule has 0 saturated heterocycles. The molecule has 0 aromatic carbocycles. The third-order valence-electron chi connectivity index (χ3n) is 1.96. The zero-order valence-electron chi connectivity index (χ0n) is 8.44. The smallest absolute Gasteiger partial charge is 0.112 e. The fourth-order valence-electron chi connectivity index (χ4n) is 1.11. The minimum atomic E-state index is -0.316. The molecule has 0 amide bonds. The Morgan fingerprint density at radius 3 is 2.33 bits per heavy atom. The van der Waals surface area contributed by atoms with Gasteiger partial charge in [-0.05, 0) is 19.3 Å². The normalized spacial score (nSPS) is 14.8. The van der Waals surface area contributed by atoms with E-state index in [9.17, 15) is 4.39 Å². The second-order valence-electron chi connectivity index (χ2n) is 3.02. The van der Waals surface area contributed by atoms with Crippen LogP contribution in [0.5, 0.6) is 0 Å². The molecule has 1 nitrogen and oxygen atoms in total. The van der Waals surface area contributed by atoms with Crippen molar-refractivity contribution in [3.63, 3.8) is 0 Å². The predicted octanol–water partition coefficient (Wildman–Crippen LogP) is 3.39. The van der Waals surface area contributed by atoms with Gasteiger partial charge in [-0.2, -0.15) is 0 Å². The van der Waals surface area contributed by atoms with Gasteiger partial charge in [0.05, 0.1) is 6.04 Å². The summed E-state index contributed by atoms with van der Waals surface area (Å²) in [5, 5.41) is 0. The van der Waals surface area contributed by atoms with Crippen molar-refractivity contribution in [2.24, 2.45) is 4.99 Å². The van der Waals surface area contributed by atoms with E-state index in [1.807, 2.05) is 6.92 Å². The molecule has 0 aliphatic carbocycles. The summed E-state index contributed by atoms with van der Waals surface area (Å²) in [4.78, 5) is 4.36. The van der Waals surface area contributed by atoms with Crippen molar-refractivity contribution in [2.45, 2.75) is 52.5 Å². The molecular weight excluding hydrogens is 153 g/mol. The first-order valence-electron chi connectivity index (χ1n) is 4.89. The summed E-state index contributed by atoms with van der Waals surface area (Å²) >= 11 is 0. The lowest BCUT2D eigenvalue weighted by molar-refractivity contribution is 0.423. The molecule has 0 aromatic heterocycles. The quantitative estimate of drug-likeness (QED) is 0.546. The Hall–Kier alpha value is -0.400. The van der Waals surface area contributed by atoms with Gasteiger partial charge in [-0.3, -0.25) is 4.99 Å². The molecule has 1 unspecified atom stereocenters. The number of halogens is 1. The van der Waals surface area contributed by atoms with Gasteiger partial charge in [0.1, 0.15) is 6.67 Å². The van der Waals surface area contributed by atoms with Crippen LogP contribution in [0.3, 0.4) is 0 Å². The van der Waals surface area contributed by atoms with E-state index in [1.54, 1.807) is 0 Å². The van der Waals surface area contributed by atoms with Gasteiger partial charge in [0.2, 0.25) is 0 Å². The maximum absolute atomic E-state index is 12.3. The zero-order chi connectivity index (χ0) is 9.40. The highest BCUT2D eigenvalue weighted by atomic mass is 19.1. The van der Waals surface area contributed by atoms with Crippen LogP contribution in [0.2, 0.25) is 0 Å². The van der Waals surface area contributed by atoms with Crippen molar-refractivity contribution in [1.82, 2.24) is 0 Å². The lowest BCUT2D eigenvalue weighted by atomic mass is 10.1. The third kappa shape index (κ3) is 4.47. The molecule has 0 saturated carbocycles. The minimum absolute atomic E-state index is 0.0912. The highest BCUT2D eigenvalue weighted by Crippen LogP contribution is 2.04. The molecule has 0 spiro atoms. The molecule has 2 heteroatoms. The second kappa shape index (κ2) is 7.26. The lowest BCUT2D eigenvalue weighted by Crippen LogP contribution is -2.09. The van der Waals surface area contributed by atoms with Crippen LogP contribution in [0.1, 0.15) is 46.5 Å². The van der Waals surface area contributed by atoms with E-state index in [0.29, 0.717) is 0 Å². The Morgan fingerprint density at radius 1 is 1.33 bits per heavy atom. The standard InChI is InChI=1S/C10H20FN/c1-4-7-9(5-2)12-10(6-3)8-11/h10H,4-8H2,1-3H3/b12-9-. The van der Waals surface area contributed by atoms with Gasteiger partial charge in [-0.25, -0.2) is 4.39 Å². The molecule has 0 fully saturated rings. The number of nitrogens with zero attached hydrogens (tertiary/aromatic N) is 1. The summed E-state index contributed by atoms with van der Waals surface area (Å²) in [7, 11) is 0. The van der Waals surface area contributed by atoms with E-state index >= 15 is 0 Å². The van der Waals surface area contributed by atoms with Crippen LogP contribution in [0.15, 0.2) is 4.99 Å². The first-order chi connectivity index (χ1) is 5.78. The minimum Gasteiger partial charge on any atom is -0.288 e. The van der Waals surface area contributed by atoms with Gasteiger partial charge in [0.25, 0.3) is 0 Å². The monoisotopic (exact) mass is 173 g/mol. The number of rotatable bonds is 6. The first kappa shape index (κ1) is 11.6. The summed E-state index contributed by atoms with van der Waals surface area (Å²) in [6, 6.07) is -0.0912. The third-order valence-corrected chi connectivity index (χ3v) is 1.96. The van der Waals surface area contributed by atoms with E-state index in [4.69, 9.17) is 0 Å². The number of alkyl halides is 1. The molecule has 0 aromatic rings. The topological polar surface area (TPSA) is 12.4 Å². The predicted molar refractivity (Wildman–Crippen MR) is 52.7 cm³/mol. The molecule has 0 N–H and O–H groups in total. The maximum Gasteiger partial charge on any atom is 0.112 e. The van der Waals surface area contributed by atoms with Crippen molar-refractivity contribution in [3.8, 4) is 0 Å². The first-order valence-corrected chi connectivity index (χ1v) is 4.89. The molecule has 0 heterocycles. The molecule has 1 atom stereocenters. The van der Waals surface area contributed by atoms with Crippen LogP contribution in [-0.2, 0) is 0 Å². The fraction of sp³-hybridized carbons (Fsp3) is 0.900.